The average Bonchev–Trinajstić information content (AvgIpc) is 2.34. The van der Waals surface area contributed by atoms with Gasteiger partial charge in [0.05, 0.1) is 6.20 Å². The van der Waals surface area contributed by atoms with Crippen LogP contribution in [0.3, 0.4) is 0 Å². The number of Topliss-reactive ketones (excluding diaryl/α,β-unsaturated/α-hetero) is 1. The van der Waals surface area contributed by atoms with Crippen LogP contribution in [0.1, 0.15) is 23.3 Å². The molecule has 0 saturated carbocycles. The molecule has 0 radical (unpaired) electrons. The van der Waals surface area contributed by atoms with Crippen molar-refractivity contribution < 1.29 is 9.18 Å². The summed E-state index contributed by atoms with van der Waals surface area (Å²) in [6.07, 6.45) is 2.31. The lowest BCUT2D eigenvalue weighted by Crippen LogP contribution is -2.18. The second-order valence-electron chi connectivity index (χ2n) is 2.59. The summed E-state index contributed by atoms with van der Waals surface area (Å²) >= 11 is 0. The van der Waals surface area contributed by atoms with Crippen molar-refractivity contribution in [1.82, 2.24) is 9.78 Å². The molecule has 0 bridgehead atoms. The maximum Gasteiger partial charge on any atom is 0.183 e. The lowest BCUT2D eigenvalue weighted by Gasteiger charge is -2.10. The second-order valence-corrected chi connectivity index (χ2v) is 2.59. The van der Waals surface area contributed by atoms with E-state index in [2.05, 4.69) is 5.10 Å². The maximum atomic E-state index is 12.8. The van der Waals surface area contributed by atoms with Crippen LogP contribution in [-0.4, -0.2) is 15.6 Å². The Kier molecular flexibility index (Phi) is 1.27. The largest absolute Gasteiger partial charge is 0.292 e. The van der Waals surface area contributed by atoms with Gasteiger partial charge in [-0.3, -0.25) is 9.48 Å². The quantitative estimate of drug-likeness (QED) is 0.558. The minimum Gasteiger partial charge on any atom is -0.292 e. The molecule has 0 atom stereocenters. The standard InChI is InChI=1S/C7H7FN2O/c8-5-4-9-10-3-1-2-6(11)7(5)10/h4H,1-3H2. The summed E-state index contributed by atoms with van der Waals surface area (Å²) in [7, 11) is 0. The topological polar surface area (TPSA) is 34.9 Å². The number of hydrogen-bond donors (Lipinski definition) is 0. The first-order valence-corrected chi connectivity index (χ1v) is 3.53. The van der Waals surface area contributed by atoms with E-state index in [9.17, 15) is 9.18 Å². The van der Waals surface area contributed by atoms with E-state index in [0.29, 0.717) is 13.0 Å². The summed E-state index contributed by atoms with van der Waals surface area (Å²) in [5.41, 5.74) is 0.149. The summed E-state index contributed by atoms with van der Waals surface area (Å²) < 4.78 is 14.2. The third-order valence-corrected chi connectivity index (χ3v) is 1.83. The van der Waals surface area contributed by atoms with Gasteiger partial charge in [-0.1, -0.05) is 0 Å². The van der Waals surface area contributed by atoms with Gasteiger partial charge < -0.3 is 0 Å². The van der Waals surface area contributed by atoms with Crippen LogP contribution in [0, 0.1) is 5.82 Å². The molecule has 1 aromatic rings. The van der Waals surface area contributed by atoms with Gasteiger partial charge in [-0.05, 0) is 6.42 Å². The number of rotatable bonds is 0. The lowest BCUT2D eigenvalue weighted by molar-refractivity contribution is 0.0947. The molecule has 0 aromatic carbocycles. The number of aryl methyl sites for hydroxylation is 1. The Balaban J connectivity index is 2.56. The number of halogens is 1. The summed E-state index contributed by atoms with van der Waals surface area (Å²) in [6.45, 7) is 0.658. The number of aromatic nitrogens is 2. The predicted octanol–water partition coefficient (Wildman–Crippen LogP) is 0.999. The zero-order chi connectivity index (χ0) is 7.84. The molecule has 2 rings (SSSR count). The summed E-state index contributed by atoms with van der Waals surface area (Å²) in [5.74, 6) is -0.624. The number of carbonyl (C=O) groups is 1. The van der Waals surface area contributed by atoms with Gasteiger partial charge in [0.25, 0.3) is 0 Å². The van der Waals surface area contributed by atoms with Crippen LogP contribution >= 0.6 is 0 Å². The van der Waals surface area contributed by atoms with Crippen molar-refractivity contribution in [2.75, 3.05) is 0 Å². The monoisotopic (exact) mass is 154 g/mol. The molecule has 0 aliphatic carbocycles. The molecule has 3 nitrogen and oxygen atoms in total. The van der Waals surface area contributed by atoms with Gasteiger partial charge in [0, 0.05) is 13.0 Å². The number of hydrogen-bond acceptors (Lipinski definition) is 2. The first kappa shape index (κ1) is 6.52. The Morgan fingerprint density at radius 2 is 2.45 bits per heavy atom. The zero-order valence-electron chi connectivity index (χ0n) is 5.88. The van der Waals surface area contributed by atoms with Gasteiger partial charge in [-0.2, -0.15) is 5.10 Å². The van der Waals surface area contributed by atoms with Crippen molar-refractivity contribution in [3.8, 4) is 0 Å². The summed E-state index contributed by atoms with van der Waals surface area (Å²) in [5, 5.41) is 3.73. The SMILES string of the molecule is O=C1CCCn2ncc(F)c21. The highest BCUT2D eigenvalue weighted by atomic mass is 19.1. The molecule has 11 heavy (non-hydrogen) atoms. The molecule has 0 saturated heterocycles. The molecule has 0 N–H and O–H groups in total. The zero-order valence-corrected chi connectivity index (χ0v) is 5.88. The van der Waals surface area contributed by atoms with Gasteiger partial charge in [-0.25, -0.2) is 4.39 Å². The molecule has 2 heterocycles. The molecule has 0 spiro atoms. The van der Waals surface area contributed by atoms with Crippen molar-refractivity contribution in [1.29, 1.82) is 0 Å². The lowest BCUT2D eigenvalue weighted by atomic mass is 10.1. The van der Waals surface area contributed by atoms with Crippen LogP contribution in [0.15, 0.2) is 6.20 Å². The predicted molar refractivity (Wildman–Crippen MR) is 35.7 cm³/mol. The number of fused-ring (bicyclic) bond motifs is 1. The van der Waals surface area contributed by atoms with E-state index in [1.165, 1.54) is 4.68 Å². The van der Waals surface area contributed by atoms with Gasteiger partial charge in [0.1, 0.15) is 5.69 Å². The van der Waals surface area contributed by atoms with E-state index in [4.69, 9.17) is 0 Å². The fraction of sp³-hybridized carbons (Fsp3) is 0.429. The highest BCUT2D eigenvalue weighted by molar-refractivity contribution is 5.95. The molecule has 58 valence electrons. The second kappa shape index (κ2) is 2.15. The van der Waals surface area contributed by atoms with E-state index in [-0.39, 0.29) is 11.5 Å². The molecule has 0 amide bonds. The highest BCUT2D eigenvalue weighted by Gasteiger charge is 2.21. The van der Waals surface area contributed by atoms with Crippen LogP contribution in [0.5, 0.6) is 0 Å². The van der Waals surface area contributed by atoms with E-state index < -0.39 is 5.82 Å². The van der Waals surface area contributed by atoms with Gasteiger partial charge in [-0.15, -0.1) is 0 Å². The van der Waals surface area contributed by atoms with E-state index in [0.717, 1.165) is 12.6 Å². The molecule has 0 fully saturated rings. The minimum atomic E-state index is -0.491. The molecular weight excluding hydrogens is 147 g/mol. The van der Waals surface area contributed by atoms with Crippen LogP contribution in [0.25, 0.3) is 0 Å². The maximum absolute atomic E-state index is 12.8. The van der Waals surface area contributed by atoms with Crippen LogP contribution < -0.4 is 0 Å². The van der Waals surface area contributed by atoms with Crippen LogP contribution in [0.4, 0.5) is 4.39 Å². The molecule has 4 heteroatoms. The van der Waals surface area contributed by atoms with Gasteiger partial charge in [0.15, 0.2) is 11.6 Å². The van der Waals surface area contributed by atoms with Crippen molar-refractivity contribution >= 4 is 5.78 Å². The fourth-order valence-electron chi connectivity index (χ4n) is 1.32. The smallest absolute Gasteiger partial charge is 0.183 e. The molecule has 0 unspecified atom stereocenters. The Morgan fingerprint density at radius 1 is 1.64 bits per heavy atom. The third-order valence-electron chi connectivity index (χ3n) is 1.83. The van der Waals surface area contributed by atoms with E-state index in [1.807, 2.05) is 0 Å². The third kappa shape index (κ3) is 0.859. The Hall–Kier alpha value is -1.19. The number of nitrogens with zero attached hydrogens (tertiary/aromatic N) is 2. The van der Waals surface area contributed by atoms with Crippen molar-refractivity contribution in [2.24, 2.45) is 0 Å². The Morgan fingerprint density at radius 3 is 3.18 bits per heavy atom. The summed E-state index contributed by atoms with van der Waals surface area (Å²) in [6, 6.07) is 0. The molecule has 1 aliphatic rings. The van der Waals surface area contributed by atoms with Crippen molar-refractivity contribution in [3.63, 3.8) is 0 Å². The fourth-order valence-corrected chi connectivity index (χ4v) is 1.32. The van der Waals surface area contributed by atoms with Crippen molar-refractivity contribution in [3.05, 3.63) is 17.7 Å². The van der Waals surface area contributed by atoms with Crippen LogP contribution in [0.2, 0.25) is 0 Å². The Bertz CT molecular complexity index is 305. The highest BCUT2D eigenvalue weighted by Crippen LogP contribution is 2.16. The van der Waals surface area contributed by atoms with E-state index >= 15 is 0 Å². The number of ketones is 1. The van der Waals surface area contributed by atoms with Gasteiger partial charge in [0.2, 0.25) is 0 Å². The average molecular weight is 154 g/mol. The summed E-state index contributed by atoms with van der Waals surface area (Å²) in [4.78, 5) is 11.1. The van der Waals surface area contributed by atoms with Crippen LogP contribution in [-0.2, 0) is 6.54 Å². The van der Waals surface area contributed by atoms with Crippen molar-refractivity contribution in [2.45, 2.75) is 19.4 Å². The van der Waals surface area contributed by atoms with Gasteiger partial charge >= 0.3 is 0 Å². The first-order valence-electron chi connectivity index (χ1n) is 3.53. The van der Waals surface area contributed by atoms with E-state index in [1.54, 1.807) is 0 Å². The Labute approximate surface area is 62.8 Å². The molecular formula is C7H7FN2O. The minimum absolute atomic E-state index is 0.133. The molecule has 1 aromatic heterocycles. The normalized spacial score (nSPS) is 16.6. The first-order chi connectivity index (χ1) is 5.29. The molecule has 1 aliphatic heterocycles. The number of carbonyl (C=O) groups excluding carboxylic acids is 1.